The van der Waals surface area contributed by atoms with Crippen LogP contribution in [0.4, 0.5) is 0 Å². The molecular formula is C31H34N3+. The van der Waals surface area contributed by atoms with Crippen molar-refractivity contribution in [3.8, 4) is 0 Å². The number of pyridine rings is 1. The van der Waals surface area contributed by atoms with E-state index in [0.29, 0.717) is 5.92 Å². The topological polar surface area (TPSA) is 21.2 Å². The monoisotopic (exact) mass is 448 g/mol. The van der Waals surface area contributed by atoms with Crippen molar-refractivity contribution < 1.29 is 4.57 Å². The lowest BCUT2D eigenvalue weighted by atomic mass is 9.87. The summed E-state index contributed by atoms with van der Waals surface area (Å²) >= 11 is 0. The van der Waals surface area contributed by atoms with Crippen molar-refractivity contribution in [2.24, 2.45) is 12.5 Å². The van der Waals surface area contributed by atoms with Crippen LogP contribution < -0.4 is 4.57 Å². The van der Waals surface area contributed by atoms with Crippen molar-refractivity contribution in [3.63, 3.8) is 0 Å². The fraction of sp³-hybridized carbons (Fsp3) is 0.355. The Bertz CT molecular complexity index is 1760. The number of hydrogen-bond acceptors (Lipinski definition) is 1. The maximum absolute atomic E-state index is 4.92. The Balaban J connectivity index is 1.96. The summed E-state index contributed by atoms with van der Waals surface area (Å²) in [4.78, 5) is 4.92. The van der Waals surface area contributed by atoms with Gasteiger partial charge >= 0.3 is 0 Å². The molecular weight excluding hydrogens is 414 g/mol. The van der Waals surface area contributed by atoms with Crippen LogP contribution in [0.3, 0.4) is 0 Å². The van der Waals surface area contributed by atoms with Gasteiger partial charge in [-0.2, -0.15) is 0 Å². The lowest BCUT2D eigenvalue weighted by molar-refractivity contribution is -0.646. The van der Waals surface area contributed by atoms with Gasteiger partial charge in [0.1, 0.15) is 5.52 Å². The molecule has 0 saturated heterocycles. The van der Waals surface area contributed by atoms with E-state index in [9.17, 15) is 0 Å². The van der Waals surface area contributed by atoms with Gasteiger partial charge in [-0.3, -0.25) is 0 Å². The average Bonchev–Trinajstić information content (AvgIpc) is 3.07. The fourth-order valence-electron chi connectivity index (χ4n) is 5.91. The van der Waals surface area contributed by atoms with Crippen molar-refractivity contribution in [2.45, 2.75) is 60.8 Å². The van der Waals surface area contributed by atoms with Crippen LogP contribution in [0.2, 0.25) is 0 Å². The molecule has 3 aromatic carbocycles. The first-order valence-corrected chi connectivity index (χ1v) is 12.5. The maximum atomic E-state index is 4.92. The van der Waals surface area contributed by atoms with Crippen LogP contribution >= 0.6 is 0 Å². The predicted molar refractivity (Wildman–Crippen MR) is 144 cm³/mol. The molecule has 0 spiro atoms. The Hall–Kier alpha value is -3.20. The predicted octanol–water partition coefficient (Wildman–Crippen LogP) is 7.54. The van der Waals surface area contributed by atoms with Crippen molar-refractivity contribution in [1.29, 1.82) is 0 Å². The van der Waals surface area contributed by atoms with Gasteiger partial charge < -0.3 is 4.40 Å². The van der Waals surface area contributed by atoms with E-state index in [1.54, 1.807) is 0 Å². The molecule has 0 bridgehead atoms. The molecule has 0 radical (unpaired) electrons. The van der Waals surface area contributed by atoms with Gasteiger partial charge in [0.15, 0.2) is 5.52 Å². The molecule has 3 heterocycles. The third-order valence-corrected chi connectivity index (χ3v) is 7.59. The van der Waals surface area contributed by atoms with Gasteiger partial charge in [0.2, 0.25) is 0 Å². The van der Waals surface area contributed by atoms with E-state index >= 15 is 0 Å². The number of aromatic nitrogens is 3. The van der Waals surface area contributed by atoms with E-state index in [-0.39, 0.29) is 5.41 Å². The summed E-state index contributed by atoms with van der Waals surface area (Å²) < 4.78 is 4.76. The summed E-state index contributed by atoms with van der Waals surface area (Å²) in [5, 5.41) is 5.29. The molecule has 34 heavy (non-hydrogen) atoms. The molecule has 3 aromatic heterocycles. The third kappa shape index (κ3) is 2.89. The highest BCUT2D eigenvalue weighted by Crippen LogP contribution is 2.42. The Morgan fingerprint density at radius 3 is 2.41 bits per heavy atom. The van der Waals surface area contributed by atoms with Crippen LogP contribution in [-0.2, 0) is 13.5 Å². The summed E-state index contributed by atoms with van der Waals surface area (Å²) in [5.74, 6) is 0.487. The van der Waals surface area contributed by atoms with E-state index in [1.165, 1.54) is 65.9 Å². The Morgan fingerprint density at radius 2 is 1.71 bits per heavy atom. The first-order chi connectivity index (χ1) is 16.0. The largest absolute Gasteiger partial charge is 0.308 e. The molecule has 0 amide bonds. The number of fused-ring (bicyclic) bond motifs is 5. The zero-order valence-electron chi connectivity index (χ0n) is 21.7. The van der Waals surface area contributed by atoms with Crippen LogP contribution in [0.15, 0.2) is 42.7 Å². The van der Waals surface area contributed by atoms with Crippen LogP contribution in [0.1, 0.15) is 62.8 Å². The summed E-state index contributed by atoms with van der Waals surface area (Å²) in [6.45, 7) is 16.0. The molecule has 6 rings (SSSR count). The Kier molecular flexibility index (Phi) is 4.34. The molecule has 3 heteroatoms. The lowest BCUT2D eigenvalue weighted by Gasteiger charge is -2.19. The van der Waals surface area contributed by atoms with Crippen LogP contribution in [0, 0.1) is 19.3 Å². The zero-order valence-corrected chi connectivity index (χ0v) is 21.7. The number of hydrogen-bond donors (Lipinski definition) is 0. The molecule has 3 nitrogen and oxygen atoms in total. The molecule has 0 N–H and O–H groups in total. The van der Waals surface area contributed by atoms with Crippen LogP contribution in [-0.4, -0.2) is 9.38 Å². The number of rotatable bonds is 2. The quantitative estimate of drug-likeness (QED) is 0.152. The second-order valence-corrected chi connectivity index (χ2v) is 11.8. The van der Waals surface area contributed by atoms with Crippen LogP contribution in [0.5, 0.6) is 0 Å². The minimum Gasteiger partial charge on any atom is -0.308 e. The van der Waals surface area contributed by atoms with E-state index < -0.39 is 0 Å². The highest BCUT2D eigenvalue weighted by Gasteiger charge is 2.26. The van der Waals surface area contributed by atoms with Gasteiger partial charge in [-0.1, -0.05) is 46.8 Å². The van der Waals surface area contributed by atoms with Crippen molar-refractivity contribution in [1.82, 2.24) is 9.38 Å². The molecule has 0 saturated carbocycles. The molecule has 0 atom stereocenters. The normalized spacial score (nSPS) is 13.1. The summed E-state index contributed by atoms with van der Waals surface area (Å²) in [7, 11) is 2.14. The van der Waals surface area contributed by atoms with Crippen molar-refractivity contribution in [2.75, 3.05) is 0 Å². The molecule has 6 aromatic rings. The summed E-state index contributed by atoms with van der Waals surface area (Å²) in [6.07, 6.45) is 3.01. The standard InChI is InChI=1S/C31H34N3/c1-17(2)21-9-10-22-23-11-18(3)19(4)27-29(23)34(25(22)14-21)26-13-20(15-31(5,6)7)12-24-28(26)30(27)33(8)16-32-24/h9-14,16-17H,15H2,1-8H3/q+1. The highest BCUT2D eigenvalue weighted by atomic mass is 15.0. The van der Waals surface area contributed by atoms with Crippen LogP contribution in [0.25, 0.3) is 49.1 Å². The molecule has 0 aliphatic carbocycles. The van der Waals surface area contributed by atoms with Gasteiger partial charge in [0, 0.05) is 10.8 Å². The Morgan fingerprint density at radius 1 is 0.941 bits per heavy atom. The van der Waals surface area contributed by atoms with E-state index in [1.807, 2.05) is 6.33 Å². The summed E-state index contributed by atoms with van der Waals surface area (Å²) in [5.41, 5.74) is 11.9. The highest BCUT2D eigenvalue weighted by molar-refractivity contribution is 6.25. The molecule has 0 aliphatic heterocycles. The van der Waals surface area contributed by atoms with Gasteiger partial charge in [-0.05, 0) is 83.1 Å². The van der Waals surface area contributed by atoms with Crippen molar-refractivity contribution >= 4 is 49.1 Å². The second kappa shape index (κ2) is 6.91. The van der Waals surface area contributed by atoms with E-state index in [2.05, 4.69) is 101 Å². The molecule has 0 fully saturated rings. The molecule has 0 unspecified atom stereocenters. The van der Waals surface area contributed by atoms with E-state index in [0.717, 1.165) is 11.9 Å². The smallest absolute Gasteiger partial charge is 0.287 e. The SMILES string of the molecule is Cc1cc2c3ccc(C(C)C)cc3n3c4cc(CC(C)(C)C)cc5nc[n+](C)c(c(c1C)c23)c54. The third-order valence-electron chi connectivity index (χ3n) is 7.59. The minimum atomic E-state index is 0.210. The fourth-order valence-corrected chi connectivity index (χ4v) is 5.91. The van der Waals surface area contributed by atoms with Gasteiger partial charge in [-0.15, -0.1) is 0 Å². The van der Waals surface area contributed by atoms with Gasteiger partial charge in [0.05, 0.1) is 34.4 Å². The van der Waals surface area contributed by atoms with E-state index in [4.69, 9.17) is 4.98 Å². The average molecular weight is 449 g/mol. The van der Waals surface area contributed by atoms with Gasteiger partial charge in [0.25, 0.3) is 6.33 Å². The first kappa shape index (κ1) is 21.3. The first-order valence-electron chi connectivity index (χ1n) is 12.5. The minimum absolute atomic E-state index is 0.210. The lowest BCUT2D eigenvalue weighted by Crippen LogP contribution is -2.30. The second-order valence-electron chi connectivity index (χ2n) is 11.8. The maximum Gasteiger partial charge on any atom is 0.287 e. The number of aryl methyl sites for hydroxylation is 3. The number of nitrogens with zero attached hydrogens (tertiary/aromatic N) is 3. The number of benzene rings is 3. The summed E-state index contributed by atoms with van der Waals surface area (Å²) in [6, 6.07) is 14.2. The van der Waals surface area contributed by atoms with Crippen molar-refractivity contribution in [3.05, 3.63) is 65.0 Å². The Labute approximate surface area is 201 Å². The molecule has 172 valence electrons. The molecule has 0 aliphatic rings. The van der Waals surface area contributed by atoms with Gasteiger partial charge in [-0.25, -0.2) is 4.57 Å². The zero-order chi connectivity index (χ0) is 24.1.